The third kappa shape index (κ3) is 3.96. The summed E-state index contributed by atoms with van der Waals surface area (Å²) in [7, 11) is -3.43. The number of aliphatic hydroxyl groups is 1. The molecular weight excluding hydrogens is 290 g/mol. The van der Waals surface area contributed by atoms with Crippen molar-refractivity contribution >= 4 is 10.0 Å². The summed E-state index contributed by atoms with van der Waals surface area (Å²) in [6.45, 7) is 3.79. The molecule has 1 heterocycles. The standard InChI is InChI=1S/C15H23NO4S/c1-2-11-20-14-3-5-15(6-4-14)21(18,19)16-9-7-13(12-16)8-10-17/h3-6,13,17H,2,7-12H2,1H3. The van der Waals surface area contributed by atoms with Crippen molar-refractivity contribution in [1.29, 1.82) is 0 Å². The molecule has 21 heavy (non-hydrogen) atoms. The lowest BCUT2D eigenvalue weighted by molar-refractivity contribution is 0.259. The van der Waals surface area contributed by atoms with E-state index in [1.807, 2.05) is 6.92 Å². The number of rotatable bonds is 7. The minimum atomic E-state index is -3.43. The lowest BCUT2D eigenvalue weighted by Crippen LogP contribution is -2.29. The number of hydrogen-bond acceptors (Lipinski definition) is 4. The lowest BCUT2D eigenvalue weighted by atomic mass is 10.1. The lowest BCUT2D eigenvalue weighted by Gasteiger charge is -2.16. The van der Waals surface area contributed by atoms with Gasteiger partial charge in [-0.25, -0.2) is 8.42 Å². The molecule has 1 unspecified atom stereocenters. The van der Waals surface area contributed by atoms with Gasteiger partial charge in [-0.1, -0.05) is 6.92 Å². The molecule has 118 valence electrons. The Morgan fingerprint density at radius 3 is 2.67 bits per heavy atom. The Balaban J connectivity index is 2.06. The van der Waals surface area contributed by atoms with E-state index in [2.05, 4.69) is 0 Å². The van der Waals surface area contributed by atoms with E-state index < -0.39 is 10.0 Å². The van der Waals surface area contributed by atoms with E-state index in [9.17, 15) is 8.42 Å². The average Bonchev–Trinajstić information content (AvgIpc) is 2.95. The van der Waals surface area contributed by atoms with Crippen LogP contribution in [0.2, 0.25) is 0 Å². The van der Waals surface area contributed by atoms with Gasteiger partial charge in [0, 0.05) is 19.7 Å². The van der Waals surface area contributed by atoms with Crippen molar-refractivity contribution in [2.75, 3.05) is 26.3 Å². The second-order valence-corrected chi connectivity index (χ2v) is 7.29. The maximum absolute atomic E-state index is 12.5. The zero-order chi connectivity index (χ0) is 15.3. The van der Waals surface area contributed by atoms with Crippen LogP contribution < -0.4 is 4.74 Å². The van der Waals surface area contributed by atoms with Gasteiger partial charge in [0.05, 0.1) is 11.5 Å². The van der Waals surface area contributed by atoms with Gasteiger partial charge in [0.25, 0.3) is 0 Å². The van der Waals surface area contributed by atoms with Crippen molar-refractivity contribution in [3.63, 3.8) is 0 Å². The molecule has 1 aromatic carbocycles. The normalized spacial score (nSPS) is 19.8. The highest BCUT2D eigenvalue weighted by molar-refractivity contribution is 7.89. The average molecular weight is 313 g/mol. The van der Waals surface area contributed by atoms with E-state index in [1.54, 1.807) is 24.3 Å². The molecule has 1 N–H and O–H groups in total. The van der Waals surface area contributed by atoms with E-state index in [0.29, 0.717) is 36.8 Å². The maximum atomic E-state index is 12.5. The molecule has 0 aliphatic carbocycles. The molecule has 0 spiro atoms. The molecule has 1 fully saturated rings. The number of hydrogen-bond donors (Lipinski definition) is 1. The molecule has 1 saturated heterocycles. The smallest absolute Gasteiger partial charge is 0.243 e. The summed E-state index contributed by atoms with van der Waals surface area (Å²) in [5.74, 6) is 0.951. The van der Waals surface area contributed by atoms with Crippen molar-refractivity contribution in [2.45, 2.75) is 31.1 Å². The predicted octanol–water partition coefficient (Wildman–Crippen LogP) is 1.87. The van der Waals surface area contributed by atoms with Crippen molar-refractivity contribution in [2.24, 2.45) is 5.92 Å². The summed E-state index contributed by atoms with van der Waals surface area (Å²) in [6, 6.07) is 6.59. The molecular formula is C15H23NO4S. The molecule has 6 heteroatoms. The van der Waals surface area contributed by atoms with Gasteiger partial charge in [0.2, 0.25) is 10.0 Å². The predicted molar refractivity (Wildman–Crippen MR) is 80.8 cm³/mol. The van der Waals surface area contributed by atoms with Crippen LogP contribution in [-0.4, -0.2) is 44.1 Å². The van der Waals surface area contributed by atoms with Crippen molar-refractivity contribution in [3.05, 3.63) is 24.3 Å². The van der Waals surface area contributed by atoms with Gasteiger partial charge in [-0.3, -0.25) is 0 Å². The number of benzene rings is 1. The minimum Gasteiger partial charge on any atom is -0.494 e. The number of ether oxygens (including phenoxy) is 1. The van der Waals surface area contributed by atoms with Gasteiger partial charge in [-0.05, 0) is 49.4 Å². The molecule has 2 rings (SSSR count). The molecule has 0 bridgehead atoms. The van der Waals surface area contributed by atoms with Crippen LogP contribution in [0, 0.1) is 5.92 Å². The van der Waals surface area contributed by atoms with Gasteiger partial charge < -0.3 is 9.84 Å². The van der Waals surface area contributed by atoms with Crippen LogP contribution in [0.1, 0.15) is 26.2 Å². The Kier molecular flexibility index (Phi) is 5.61. The largest absolute Gasteiger partial charge is 0.494 e. The van der Waals surface area contributed by atoms with Gasteiger partial charge in [-0.2, -0.15) is 4.31 Å². The molecule has 1 aromatic rings. The van der Waals surface area contributed by atoms with E-state index in [1.165, 1.54) is 4.31 Å². The summed E-state index contributed by atoms with van der Waals surface area (Å²) < 4.78 is 32.0. The van der Waals surface area contributed by atoms with Crippen molar-refractivity contribution < 1.29 is 18.3 Å². The quantitative estimate of drug-likeness (QED) is 0.834. The van der Waals surface area contributed by atoms with Gasteiger partial charge >= 0.3 is 0 Å². The zero-order valence-corrected chi connectivity index (χ0v) is 13.2. The first-order valence-corrected chi connectivity index (χ1v) is 8.85. The monoisotopic (exact) mass is 313 g/mol. The summed E-state index contributed by atoms with van der Waals surface area (Å²) in [6.07, 6.45) is 2.40. The van der Waals surface area contributed by atoms with Crippen molar-refractivity contribution in [1.82, 2.24) is 4.31 Å². The van der Waals surface area contributed by atoms with Crippen molar-refractivity contribution in [3.8, 4) is 5.75 Å². The van der Waals surface area contributed by atoms with Crippen LogP contribution in [0.4, 0.5) is 0 Å². The summed E-state index contributed by atoms with van der Waals surface area (Å²) in [5.41, 5.74) is 0. The van der Waals surface area contributed by atoms with E-state index >= 15 is 0 Å². The molecule has 0 saturated carbocycles. The Bertz CT molecular complexity index is 541. The van der Waals surface area contributed by atoms with Crippen LogP contribution in [-0.2, 0) is 10.0 Å². The Hall–Kier alpha value is -1.11. The molecule has 0 aromatic heterocycles. The molecule has 0 amide bonds. The first kappa shape index (κ1) is 16.3. The third-order valence-corrected chi connectivity index (χ3v) is 5.60. The Labute approximate surface area is 126 Å². The molecule has 1 aliphatic rings. The highest BCUT2D eigenvalue weighted by Crippen LogP contribution is 2.26. The van der Waals surface area contributed by atoms with E-state index in [-0.39, 0.29) is 12.5 Å². The summed E-state index contributed by atoms with van der Waals surface area (Å²) in [5, 5.41) is 8.95. The first-order chi connectivity index (χ1) is 10.1. The number of aliphatic hydroxyl groups excluding tert-OH is 1. The molecule has 1 atom stereocenters. The van der Waals surface area contributed by atoms with Crippen LogP contribution >= 0.6 is 0 Å². The van der Waals surface area contributed by atoms with Crippen LogP contribution in [0.5, 0.6) is 5.75 Å². The van der Waals surface area contributed by atoms with Gasteiger partial charge in [0.15, 0.2) is 0 Å². The summed E-state index contributed by atoms with van der Waals surface area (Å²) >= 11 is 0. The summed E-state index contributed by atoms with van der Waals surface area (Å²) in [4.78, 5) is 0.302. The van der Waals surface area contributed by atoms with Crippen LogP contribution in [0.15, 0.2) is 29.2 Å². The van der Waals surface area contributed by atoms with Crippen LogP contribution in [0.25, 0.3) is 0 Å². The van der Waals surface area contributed by atoms with E-state index in [0.717, 1.165) is 12.8 Å². The second kappa shape index (κ2) is 7.24. The van der Waals surface area contributed by atoms with Crippen LogP contribution in [0.3, 0.4) is 0 Å². The number of nitrogens with zero attached hydrogens (tertiary/aromatic N) is 1. The maximum Gasteiger partial charge on any atom is 0.243 e. The zero-order valence-electron chi connectivity index (χ0n) is 12.4. The molecule has 5 nitrogen and oxygen atoms in total. The highest BCUT2D eigenvalue weighted by Gasteiger charge is 2.32. The van der Waals surface area contributed by atoms with Gasteiger partial charge in [-0.15, -0.1) is 0 Å². The highest BCUT2D eigenvalue weighted by atomic mass is 32.2. The third-order valence-electron chi connectivity index (χ3n) is 3.72. The Morgan fingerprint density at radius 1 is 1.33 bits per heavy atom. The molecule has 1 aliphatic heterocycles. The SMILES string of the molecule is CCCOc1ccc(S(=O)(=O)N2CCC(CCO)C2)cc1. The fraction of sp³-hybridized carbons (Fsp3) is 0.600. The minimum absolute atomic E-state index is 0.113. The topological polar surface area (TPSA) is 66.8 Å². The Morgan fingerprint density at radius 2 is 2.05 bits per heavy atom. The molecule has 0 radical (unpaired) electrons. The van der Waals surface area contributed by atoms with E-state index in [4.69, 9.17) is 9.84 Å². The number of sulfonamides is 1. The fourth-order valence-corrected chi connectivity index (χ4v) is 4.04. The fourth-order valence-electron chi connectivity index (χ4n) is 2.51. The van der Waals surface area contributed by atoms with Gasteiger partial charge in [0.1, 0.15) is 5.75 Å². The first-order valence-electron chi connectivity index (χ1n) is 7.41. The second-order valence-electron chi connectivity index (χ2n) is 5.35.